The van der Waals surface area contributed by atoms with Crippen LogP contribution in [0.25, 0.3) is 0 Å². The zero-order chi connectivity index (χ0) is 24.8. The molecule has 184 valence electrons. The molecule has 1 fully saturated rings. The summed E-state index contributed by atoms with van der Waals surface area (Å²) in [6.45, 7) is 0.154. The predicted octanol–water partition coefficient (Wildman–Crippen LogP) is 3.80. The van der Waals surface area contributed by atoms with Gasteiger partial charge in [-0.15, -0.1) is 0 Å². The summed E-state index contributed by atoms with van der Waals surface area (Å²) in [5.41, 5.74) is 1.15. The van der Waals surface area contributed by atoms with Gasteiger partial charge in [0.25, 0.3) is 0 Å². The van der Waals surface area contributed by atoms with Crippen LogP contribution in [0.15, 0.2) is 66.2 Å². The largest absolute Gasteiger partial charge is 0.457 e. The Morgan fingerprint density at radius 3 is 2.49 bits per heavy atom. The van der Waals surface area contributed by atoms with Crippen LogP contribution in [0.2, 0.25) is 0 Å². The number of sulfone groups is 1. The normalized spacial score (nSPS) is 15.0. The highest BCUT2D eigenvalue weighted by atomic mass is 32.2. The summed E-state index contributed by atoms with van der Waals surface area (Å²) < 4.78 is 30.6. The van der Waals surface area contributed by atoms with Gasteiger partial charge in [0, 0.05) is 18.6 Å². The first kappa shape index (κ1) is 24.6. The molecule has 9 nitrogen and oxygen atoms in total. The summed E-state index contributed by atoms with van der Waals surface area (Å²) in [5, 5.41) is 2.72. The standard InChI is InChI=1S/C25H28N4O5S/c1-35(32,33)23-15-29(17-27-23)21(13-18-7-5-6-8-18)24(30)28-22-12-11-20(14-26-22)25(31)34-16-19-9-3-2-4-10-19/h2-4,9-12,14-15,17-18,21H,5-8,13,16H2,1H3,(H,26,28,30)/t21-/m0/s1. The number of hydrogen-bond donors (Lipinski definition) is 1. The van der Waals surface area contributed by atoms with Crippen LogP contribution in [0.1, 0.15) is 54.1 Å². The molecule has 1 aliphatic rings. The van der Waals surface area contributed by atoms with E-state index in [0.29, 0.717) is 12.3 Å². The number of aromatic nitrogens is 3. The van der Waals surface area contributed by atoms with Gasteiger partial charge in [0.1, 0.15) is 18.5 Å². The Morgan fingerprint density at radius 1 is 1.11 bits per heavy atom. The molecule has 4 rings (SSSR count). The monoisotopic (exact) mass is 496 g/mol. The summed E-state index contributed by atoms with van der Waals surface area (Å²) in [5.74, 6) is -0.162. The van der Waals surface area contributed by atoms with Gasteiger partial charge in [-0.3, -0.25) is 4.79 Å². The van der Waals surface area contributed by atoms with Crippen LogP contribution in [-0.2, 0) is 26.0 Å². The quantitative estimate of drug-likeness (QED) is 0.447. The molecule has 1 N–H and O–H groups in total. The average Bonchev–Trinajstić information content (AvgIpc) is 3.54. The lowest BCUT2D eigenvalue weighted by Gasteiger charge is -2.21. The summed E-state index contributed by atoms with van der Waals surface area (Å²) >= 11 is 0. The summed E-state index contributed by atoms with van der Waals surface area (Å²) in [7, 11) is -3.48. The van der Waals surface area contributed by atoms with Crippen molar-refractivity contribution in [2.45, 2.75) is 49.8 Å². The van der Waals surface area contributed by atoms with Gasteiger partial charge in [0.15, 0.2) is 14.9 Å². The minimum Gasteiger partial charge on any atom is -0.457 e. The van der Waals surface area contributed by atoms with Crippen molar-refractivity contribution in [1.29, 1.82) is 0 Å². The number of ether oxygens (including phenoxy) is 1. The predicted molar refractivity (Wildman–Crippen MR) is 129 cm³/mol. The maximum absolute atomic E-state index is 13.2. The molecule has 1 amide bonds. The van der Waals surface area contributed by atoms with Crippen molar-refractivity contribution < 1.29 is 22.7 Å². The van der Waals surface area contributed by atoms with Crippen LogP contribution in [-0.4, -0.2) is 41.1 Å². The molecule has 1 atom stereocenters. The van der Waals surface area contributed by atoms with E-state index in [9.17, 15) is 18.0 Å². The number of nitrogens with zero attached hydrogens (tertiary/aromatic N) is 3. The van der Waals surface area contributed by atoms with E-state index in [4.69, 9.17) is 4.74 Å². The van der Waals surface area contributed by atoms with E-state index in [1.807, 2.05) is 30.3 Å². The molecule has 0 bridgehead atoms. The Hall–Kier alpha value is -3.53. The number of nitrogens with one attached hydrogen (secondary N) is 1. The molecular weight excluding hydrogens is 468 g/mol. The van der Waals surface area contributed by atoms with E-state index < -0.39 is 21.8 Å². The number of carbonyl (C=O) groups excluding carboxylic acids is 2. The minimum absolute atomic E-state index is 0.0711. The smallest absolute Gasteiger partial charge is 0.340 e. The first-order chi connectivity index (χ1) is 16.8. The van der Waals surface area contributed by atoms with Gasteiger partial charge in [0.2, 0.25) is 5.91 Å². The van der Waals surface area contributed by atoms with Crippen molar-refractivity contribution in [2.24, 2.45) is 5.92 Å². The van der Waals surface area contributed by atoms with Crippen LogP contribution in [0.5, 0.6) is 0 Å². The maximum Gasteiger partial charge on any atom is 0.340 e. The molecule has 2 heterocycles. The molecule has 3 aromatic rings. The number of benzene rings is 1. The van der Waals surface area contributed by atoms with Crippen molar-refractivity contribution in [2.75, 3.05) is 11.6 Å². The van der Waals surface area contributed by atoms with Crippen molar-refractivity contribution in [3.8, 4) is 0 Å². The molecule has 1 aromatic carbocycles. The number of pyridine rings is 1. The first-order valence-corrected chi connectivity index (χ1v) is 13.4. The number of hydrogen-bond acceptors (Lipinski definition) is 7. The molecule has 0 saturated heterocycles. The molecule has 2 aromatic heterocycles. The van der Waals surface area contributed by atoms with E-state index in [1.54, 1.807) is 16.7 Å². The average molecular weight is 497 g/mol. The Bertz CT molecular complexity index is 1270. The highest BCUT2D eigenvalue weighted by Gasteiger charge is 2.28. The third kappa shape index (κ3) is 6.54. The minimum atomic E-state index is -3.48. The zero-order valence-corrected chi connectivity index (χ0v) is 20.3. The van der Waals surface area contributed by atoms with Crippen molar-refractivity contribution in [3.63, 3.8) is 0 Å². The fourth-order valence-electron chi connectivity index (χ4n) is 4.21. The lowest BCUT2D eigenvalue weighted by molar-refractivity contribution is -0.119. The summed E-state index contributed by atoms with van der Waals surface area (Å²) in [6.07, 6.45) is 10.1. The fourth-order valence-corrected chi connectivity index (χ4v) is 4.76. The Balaban J connectivity index is 1.43. The van der Waals surface area contributed by atoms with E-state index in [0.717, 1.165) is 37.5 Å². The Kier molecular flexibility index (Phi) is 7.60. The van der Waals surface area contributed by atoms with Crippen LogP contribution in [0.3, 0.4) is 0 Å². The number of imidazole rings is 1. The number of esters is 1. The van der Waals surface area contributed by atoms with Crippen molar-refractivity contribution >= 4 is 27.5 Å². The van der Waals surface area contributed by atoms with Crippen LogP contribution in [0.4, 0.5) is 5.82 Å². The SMILES string of the molecule is CS(=O)(=O)c1cn([C@@H](CC2CCCC2)C(=O)Nc2ccc(C(=O)OCc3ccccc3)cn2)cn1. The molecule has 0 aliphatic heterocycles. The van der Waals surface area contributed by atoms with E-state index in [1.165, 1.54) is 18.7 Å². The molecule has 0 radical (unpaired) electrons. The third-order valence-corrected chi connectivity index (χ3v) is 7.09. The number of carbonyl (C=O) groups is 2. The van der Waals surface area contributed by atoms with Crippen LogP contribution < -0.4 is 5.32 Å². The Morgan fingerprint density at radius 2 is 1.86 bits per heavy atom. The van der Waals surface area contributed by atoms with Gasteiger partial charge in [-0.25, -0.2) is 23.2 Å². The fraction of sp³-hybridized carbons (Fsp3) is 0.360. The lowest BCUT2D eigenvalue weighted by Crippen LogP contribution is -2.27. The van der Waals surface area contributed by atoms with E-state index in [-0.39, 0.29) is 28.9 Å². The van der Waals surface area contributed by atoms with E-state index in [2.05, 4.69) is 15.3 Å². The maximum atomic E-state index is 13.2. The number of amides is 1. The molecule has 0 unspecified atom stereocenters. The van der Waals surface area contributed by atoms with Crippen LogP contribution >= 0.6 is 0 Å². The van der Waals surface area contributed by atoms with Crippen molar-refractivity contribution in [3.05, 3.63) is 72.3 Å². The summed E-state index contributed by atoms with van der Waals surface area (Å²) in [6, 6.07) is 11.8. The highest BCUT2D eigenvalue weighted by Crippen LogP contribution is 2.32. The van der Waals surface area contributed by atoms with Gasteiger partial charge in [-0.2, -0.15) is 0 Å². The van der Waals surface area contributed by atoms with E-state index >= 15 is 0 Å². The van der Waals surface area contributed by atoms with Crippen LogP contribution in [0, 0.1) is 5.92 Å². The van der Waals surface area contributed by atoms with Gasteiger partial charge in [0.05, 0.1) is 11.9 Å². The second-order valence-corrected chi connectivity index (χ2v) is 10.8. The Labute approximate surface area is 204 Å². The number of rotatable bonds is 9. The lowest BCUT2D eigenvalue weighted by atomic mass is 9.97. The van der Waals surface area contributed by atoms with Gasteiger partial charge in [-0.05, 0) is 30.0 Å². The molecule has 0 spiro atoms. The zero-order valence-electron chi connectivity index (χ0n) is 19.5. The van der Waals surface area contributed by atoms with Gasteiger partial charge in [-0.1, -0.05) is 56.0 Å². The van der Waals surface area contributed by atoms with Gasteiger partial charge < -0.3 is 14.6 Å². The van der Waals surface area contributed by atoms with Crippen molar-refractivity contribution in [1.82, 2.24) is 14.5 Å². The number of anilines is 1. The third-order valence-electron chi connectivity index (χ3n) is 6.11. The first-order valence-electron chi connectivity index (χ1n) is 11.5. The van der Waals surface area contributed by atoms with Gasteiger partial charge >= 0.3 is 5.97 Å². The molecule has 35 heavy (non-hydrogen) atoms. The second-order valence-electron chi connectivity index (χ2n) is 8.82. The summed E-state index contributed by atoms with van der Waals surface area (Å²) in [4.78, 5) is 33.7. The molecule has 1 saturated carbocycles. The highest BCUT2D eigenvalue weighted by molar-refractivity contribution is 7.90. The topological polar surface area (TPSA) is 120 Å². The molecule has 1 aliphatic carbocycles. The molecule has 10 heteroatoms. The molecular formula is C25H28N4O5S. The second kappa shape index (κ2) is 10.8.